The third-order valence-electron chi connectivity index (χ3n) is 3.08. The van der Waals surface area contributed by atoms with Crippen LogP contribution in [0.15, 0.2) is 0 Å². The Morgan fingerprint density at radius 3 is 2.56 bits per heavy atom. The minimum absolute atomic E-state index is 0.0121. The van der Waals surface area contributed by atoms with Gasteiger partial charge < -0.3 is 5.32 Å². The number of hydrogen-bond acceptors (Lipinski definition) is 3. The van der Waals surface area contributed by atoms with E-state index in [1.807, 2.05) is 0 Å². The molecule has 8 heteroatoms. The number of hydrogen-bond donors (Lipinski definition) is 1. The maximum atomic E-state index is 12.2. The number of nitrogens with one attached hydrogen (secondary N) is 1. The van der Waals surface area contributed by atoms with E-state index in [1.54, 1.807) is 0 Å². The molecule has 0 aromatic carbocycles. The van der Waals surface area contributed by atoms with Crippen LogP contribution in [0.5, 0.6) is 0 Å². The van der Waals surface area contributed by atoms with Crippen LogP contribution >= 0.6 is 0 Å². The summed E-state index contributed by atoms with van der Waals surface area (Å²) in [4.78, 5) is 0. The first-order chi connectivity index (χ1) is 7.23. The van der Waals surface area contributed by atoms with Gasteiger partial charge in [-0.25, -0.2) is 8.42 Å². The highest BCUT2D eigenvalue weighted by atomic mass is 32.2. The Morgan fingerprint density at radius 1 is 1.38 bits per heavy atom. The Hall–Kier alpha value is -0.340. The summed E-state index contributed by atoms with van der Waals surface area (Å²) in [6.07, 6.45) is -3.84. The summed E-state index contributed by atoms with van der Waals surface area (Å²) in [7, 11) is -3.74. The van der Waals surface area contributed by atoms with Crippen LogP contribution in [0.1, 0.15) is 6.42 Å². The number of sulfonamides is 1. The second kappa shape index (κ2) is 3.58. The van der Waals surface area contributed by atoms with Crippen molar-refractivity contribution in [3.05, 3.63) is 0 Å². The van der Waals surface area contributed by atoms with Crippen LogP contribution in [0.3, 0.4) is 0 Å². The van der Waals surface area contributed by atoms with Gasteiger partial charge in [-0.1, -0.05) is 0 Å². The van der Waals surface area contributed by atoms with Crippen molar-refractivity contribution < 1.29 is 21.6 Å². The molecule has 0 radical (unpaired) electrons. The Kier molecular flexibility index (Phi) is 2.71. The monoisotopic (exact) mass is 258 g/mol. The molecule has 2 aliphatic rings. The van der Waals surface area contributed by atoms with Crippen molar-refractivity contribution in [2.45, 2.75) is 12.6 Å². The van der Waals surface area contributed by atoms with Gasteiger partial charge in [0.25, 0.3) is 0 Å². The van der Waals surface area contributed by atoms with Crippen LogP contribution in [0.2, 0.25) is 0 Å². The maximum absolute atomic E-state index is 12.2. The van der Waals surface area contributed by atoms with Gasteiger partial charge in [-0.2, -0.15) is 17.5 Å². The van der Waals surface area contributed by atoms with Crippen molar-refractivity contribution in [1.82, 2.24) is 9.62 Å². The second-order valence-corrected chi connectivity index (χ2v) is 6.54. The normalized spacial score (nSPS) is 34.9. The third-order valence-corrected chi connectivity index (χ3v) is 5.10. The number of nitrogens with zero attached hydrogens (tertiary/aromatic N) is 1. The molecule has 4 nitrogen and oxygen atoms in total. The smallest absolute Gasteiger partial charge is 0.316 e. The lowest BCUT2D eigenvalue weighted by Gasteiger charge is -2.20. The molecule has 2 heterocycles. The first-order valence-corrected chi connectivity index (χ1v) is 6.59. The van der Waals surface area contributed by atoms with E-state index in [1.165, 1.54) is 0 Å². The first kappa shape index (κ1) is 12.1. The van der Waals surface area contributed by atoms with E-state index in [0.717, 1.165) is 0 Å². The molecule has 0 aliphatic carbocycles. The lowest BCUT2D eigenvalue weighted by atomic mass is 9.90. The second-order valence-electron chi connectivity index (χ2n) is 4.57. The summed E-state index contributed by atoms with van der Waals surface area (Å²) in [6, 6.07) is 0. The molecular formula is C8H13F3N2O2S. The first-order valence-electron chi connectivity index (χ1n) is 4.98. The summed E-state index contributed by atoms with van der Waals surface area (Å²) in [5.74, 6) is -0.164. The Balaban J connectivity index is 2.15. The van der Waals surface area contributed by atoms with Crippen molar-refractivity contribution >= 4 is 10.0 Å². The molecule has 1 spiro atoms. The predicted octanol–water partition coefficient (Wildman–Crippen LogP) is 0.174. The molecule has 0 aromatic rings. The molecule has 94 valence electrons. The molecule has 1 unspecified atom stereocenters. The van der Waals surface area contributed by atoms with E-state index < -0.39 is 28.2 Å². The highest BCUT2D eigenvalue weighted by Crippen LogP contribution is 2.37. The van der Waals surface area contributed by atoms with Gasteiger partial charge >= 0.3 is 6.18 Å². The fourth-order valence-electron chi connectivity index (χ4n) is 2.40. The predicted molar refractivity (Wildman–Crippen MR) is 51.3 cm³/mol. The molecule has 2 rings (SSSR count). The fourth-order valence-corrected chi connectivity index (χ4v) is 4.51. The van der Waals surface area contributed by atoms with Gasteiger partial charge in [0, 0.05) is 18.5 Å². The van der Waals surface area contributed by atoms with Crippen molar-refractivity contribution in [1.29, 1.82) is 0 Å². The fraction of sp³-hybridized carbons (Fsp3) is 1.00. The third kappa shape index (κ3) is 2.33. The molecule has 16 heavy (non-hydrogen) atoms. The molecule has 2 fully saturated rings. The van der Waals surface area contributed by atoms with Crippen LogP contribution in [0.4, 0.5) is 13.2 Å². The van der Waals surface area contributed by atoms with Gasteiger partial charge in [0.2, 0.25) is 10.0 Å². The van der Waals surface area contributed by atoms with E-state index in [0.29, 0.717) is 23.8 Å². The molecule has 0 saturated carbocycles. The zero-order chi connectivity index (χ0) is 12.0. The van der Waals surface area contributed by atoms with Crippen LogP contribution in [-0.2, 0) is 10.0 Å². The molecule has 2 saturated heterocycles. The van der Waals surface area contributed by atoms with E-state index in [2.05, 4.69) is 5.32 Å². The molecule has 1 atom stereocenters. The van der Waals surface area contributed by atoms with E-state index >= 15 is 0 Å². The molecule has 0 aromatic heterocycles. The van der Waals surface area contributed by atoms with E-state index in [4.69, 9.17) is 0 Å². The minimum atomic E-state index is -4.47. The summed E-state index contributed by atoms with van der Waals surface area (Å²) >= 11 is 0. The van der Waals surface area contributed by atoms with Crippen LogP contribution in [-0.4, -0.2) is 50.8 Å². The Morgan fingerprint density at radius 2 is 2.06 bits per heavy atom. The summed E-state index contributed by atoms with van der Waals surface area (Å²) in [6.45, 7) is -0.213. The summed E-state index contributed by atoms with van der Waals surface area (Å²) in [5, 5.41) is 3.00. The SMILES string of the molecule is O=S1(=O)CC2(CCNC2)CN1CC(F)(F)F. The largest absolute Gasteiger partial charge is 0.402 e. The van der Waals surface area contributed by atoms with Gasteiger partial charge in [-0.05, 0) is 13.0 Å². The van der Waals surface area contributed by atoms with Crippen molar-refractivity contribution in [3.63, 3.8) is 0 Å². The standard InChI is InChI=1S/C8H13F3N2O2S/c9-8(10,11)5-13-4-7(1-2-12-3-7)6-16(13,14)15/h12H,1-6H2. The zero-order valence-electron chi connectivity index (χ0n) is 8.55. The highest BCUT2D eigenvalue weighted by molar-refractivity contribution is 7.89. The maximum Gasteiger partial charge on any atom is 0.402 e. The van der Waals surface area contributed by atoms with Crippen molar-refractivity contribution in [2.24, 2.45) is 5.41 Å². The van der Waals surface area contributed by atoms with Crippen LogP contribution in [0, 0.1) is 5.41 Å². The zero-order valence-corrected chi connectivity index (χ0v) is 9.36. The average molecular weight is 258 g/mol. The molecule has 0 bridgehead atoms. The summed E-state index contributed by atoms with van der Waals surface area (Å²) < 4.78 is 60.4. The van der Waals surface area contributed by atoms with Gasteiger partial charge in [0.1, 0.15) is 6.54 Å². The molecular weight excluding hydrogens is 245 g/mol. The molecule has 2 aliphatic heterocycles. The molecule has 0 amide bonds. The van der Waals surface area contributed by atoms with Crippen molar-refractivity contribution in [3.8, 4) is 0 Å². The average Bonchev–Trinajstić information content (AvgIpc) is 2.56. The molecule has 1 N–H and O–H groups in total. The van der Waals surface area contributed by atoms with E-state index in [-0.39, 0.29) is 12.3 Å². The number of rotatable bonds is 1. The van der Waals surface area contributed by atoms with Gasteiger partial charge in [-0.15, -0.1) is 0 Å². The van der Waals surface area contributed by atoms with Gasteiger partial charge in [0.05, 0.1) is 5.75 Å². The lowest BCUT2D eigenvalue weighted by molar-refractivity contribution is -0.136. The van der Waals surface area contributed by atoms with E-state index in [9.17, 15) is 21.6 Å². The lowest BCUT2D eigenvalue weighted by Crippen LogP contribution is -2.37. The minimum Gasteiger partial charge on any atom is -0.316 e. The highest BCUT2D eigenvalue weighted by Gasteiger charge is 2.51. The Labute approximate surface area is 91.8 Å². The number of halogens is 3. The topological polar surface area (TPSA) is 49.4 Å². The van der Waals surface area contributed by atoms with Crippen LogP contribution < -0.4 is 5.32 Å². The number of alkyl halides is 3. The Bertz CT molecular complexity index is 373. The van der Waals surface area contributed by atoms with Gasteiger partial charge in [0.15, 0.2) is 0 Å². The summed E-state index contributed by atoms with van der Waals surface area (Å²) in [5.41, 5.74) is -0.510. The quantitative estimate of drug-likeness (QED) is 0.729. The van der Waals surface area contributed by atoms with Gasteiger partial charge in [-0.3, -0.25) is 0 Å². The van der Waals surface area contributed by atoms with Crippen molar-refractivity contribution in [2.75, 3.05) is 31.9 Å². The van der Waals surface area contributed by atoms with Crippen LogP contribution in [0.25, 0.3) is 0 Å².